The van der Waals surface area contributed by atoms with Gasteiger partial charge in [-0.2, -0.15) is 12.6 Å². The van der Waals surface area contributed by atoms with E-state index < -0.39 is 5.82 Å². The van der Waals surface area contributed by atoms with Gasteiger partial charge in [-0.05, 0) is 18.6 Å². The lowest BCUT2D eigenvalue weighted by molar-refractivity contribution is -0.113. The van der Waals surface area contributed by atoms with E-state index in [0.29, 0.717) is 5.56 Å². The molecule has 0 unspecified atom stereocenters. The summed E-state index contributed by atoms with van der Waals surface area (Å²) in [6.45, 7) is 1.64. The van der Waals surface area contributed by atoms with Crippen LogP contribution >= 0.6 is 12.6 Å². The summed E-state index contributed by atoms with van der Waals surface area (Å²) >= 11 is 3.77. The Hall–Kier alpha value is -1.03. The Labute approximate surface area is 81.6 Å². The van der Waals surface area contributed by atoms with Gasteiger partial charge in [0.1, 0.15) is 5.82 Å². The highest BCUT2D eigenvalue weighted by Crippen LogP contribution is 2.16. The van der Waals surface area contributed by atoms with Gasteiger partial charge < -0.3 is 5.32 Å². The fraction of sp³-hybridized carbons (Fsp3) is 0.222. The molecule has 1 aromatic rings. The van der Waals surface area contributed by atoms with E-state index in [1.165, 1.54) is 6.07 Å². The summed E-state index contributed by atoms with van der Waals surface area (Å²) in [6, 6.07) is 4.85. The number of aryl methyl sites for hydroxylation is 1. The fourth-order valence-corrected chi connectivity index (χ4v) is 1.01. The number of halogens is 1. The zero-order chi connectivity index (χ0) is 9.84. The molecule has 1 rings (SSSR count). The van der Waals surface area contributed by atoms with E-state index in [9.17, 15) is 9.18 Å². The van der Waals surface area contributed by atoms with Crippen molar-refractivity contribution in [2.24, 2.45) is 0 Å². The molecule has 0 aliphatic heterocycles. The van der Waals surface area contributed by atoms with Crippen LogP contribution in [0.15, 0.2) is 18.2 Å². The highest BCUT2D eigenvalue weighted by atomic mass is 32.1. The summed E-state index contributed by atoms with van der Waals surface area (Å²) in [6.07, 6.45) is 0. The number of anilines is 1. The molecule has 0 saturated heterocycles. The second-order valence-corrected chi connectivity index (χ2v) is 2.96. The van der Waals surface area contributed by atoms with E-state index >= 15 is 0 Å². The monoisotopic (exact) mass is 199 g/mol. The average Bonchev–Trinajstić information content (AvgIpc) is 2.13. The van der Waals surface area contributed by atoms with Gasteiger partial charge >= 0.3 is 0 Å². The summed E-state index contributed by atoms with van der Waals surface area (Å²) < 4.78 is 13.3. The van der Waals surface area contributed by atoms with Gasteiger partial charge in [0.05, 0.1) is 11.4 Å². The van der Waals surface area contributed by atoms with Gasteiger partial charge in [0.2, 0.25) is 5.91 Å². The number of benzene rings is 1. The minimum Gasteiger partial charge on any atom is -0.323 e. The number of carbonyl (C=O) groups excluding carboxylic acids is 1. The Morgan fingerprint density at radius 1 is 1.62 bits per heavy atom. The molecule has 0 aromatic heterocycles. The average molecular weight is 199 g/mol. The van der Waals surface area contributed by atoms with Crippen molar-refractivity contribution in [1.82, 2.24) is 0 Å². The van der Waals surface area contributed by atoms with Gasteiger partial charge in [0, 0.05) is 0 Å². The molecule has 1 N–H and O–H groups in total. The molecule has 4 heteroatoms. The third-order valence-corrected chi connectivity index (χ3v) is 1.90. The van der Waals surface area contributed by atoms with E-state index in [0.717, 1.165) is 0 Å². The predicted octanol–water partition coefficient (Wildman–Crippen LogP) is 2.00. The molecule has 0 fully saturated rings. The van der Waals surface area contributed by atoms with Crippen molar-refractivity contribution >= 4 is 24.2 Å². The molecule has 13 heavy (non-hydrogen) atoms. The standard InChI is InChI=1S/C9H10FNOS/c1-6-3-2-4-7(9(6)10)11-8(12)5-13/h2-4,13H,5H2,1H3,(H,11,12). The van der Waals surface area contributed by atoms with Crippen molar-refractivity contribution in [3.63, 3.8) is 0 Å². The van der Waals surface area contributed by atoms with Crippen LogP contribution in [0.25, 0.3) is 0 Å². The third-order valence-electron chi connectivity index (χ3n) is 1.61. The normalized spacial score (nSPS) is 9.77. The van der Waals surface area contributed by atoms with Gasteiger partial charge in [0.15, 0.2) is 0 Å². The number of amides is 1. The van der Waals surface area contributed by atoms with E-state index in [1.54, 1.807) is 19.1 Å². The van der Waals surface area contributed by atoms with Gasteiger partial charge in [-0.25, -0.2) is 4.39 Å². The maximum Gasteiger partial charge on any atom is 0.234 e. The first-order valence-corrected chi connectivity index (χ1v) is 4.44. The van der Waals surface area contributed by atoms with Crippen LogP contribution in [0.2, 0.25) is 0 Å². The molecule has 0 spiro atoms. The van der Waals surface area contributed by atoms with Gasteiger partial charge in [-0.3, -0.25) is 4.79 Å². The molecule has 70 valence electrons. The summed E-state index contributed by atoms with van der Waals surface area (Å²) in [7, 11) is 0. The van der Waals surface area contributed by atoms with E-state index in [2.05, 4.69) is 17.9 Å². The second kappa shape index (κ2) is 4.28. The van der Waals surface area contributed by atoms with Gasteiger partial charge in [-0.15, -0.1) is 0 Å². The molecule has 0 aliphatic carbocycles. The maximum atomic E-state index is 13.3. The predicted molar refractivity (Wildman–Crippen MR) is 53.6 cm³/mol. The summed E-state index contributed by atoms with van der Waals surface area (Å²) in [4.78, 5) is 10.9. The molecular formula is C9H10FNOS. The Bertz CT molecular complexity index is 327. The molecular weight excluding hydrogens is 189 g/mol. The largest absolute Gasteiger partial charge is 0.323 e. The van der Waals surface area contributed by atoms with Crippen molar-refractivity contribution in [2.45, 2.75) is 6.92 Å². The van der Waals surface area contributed by atoms with Crippen LogP contribution in [0, 0.1) is 12.7 Å². The molecule has 0 atom stereocenters. The Balaban J connectivity index is 2.89. The molecule has 1 amide bonds. The highest BCUT2D eigenvalue weighted by Gasteiger charge is 2.06. The van der Waals surface area contributed by atoms with Crippen molar-refractivity contribution in [3.8, 4) is 0 Å². The van der Waals surface area contributed by atoms with Crippen LogP contribution in [0.1, 0.15) is 5.56 Å². The van der Waals surface area contributed by atoms with Crippen molar-refractivity contribution < 1.29 is 9.18 Å². The van der Waals surface area contributed by atoms with E-state index in [-0.39, 0.29) is 17.3 Å². The first kappa shape index (κ1) is 10.1. The van der Waals surface area contributed by atoms with E-state index in [1.807, 2.05) is 0 Å². The Morgan fingerprint density at radius 2 is 2.31 bits per heavy atom. The van der Waals surface area contributed by atoms with Crippen LogP contribution in [-0.2, 0) is 4.79 Å². The van der Waals surface area contributed by atoms with Crippen LogP contribution in [-0.4, -0.2) is 11.7 Å². The number of carbonyl (C=O) groups is 1. The zero-order valence-electron chi connectivity index (χ0n) is 7.17. The lowest BCUT2D eigenvalue weighted by Gasteiger charge is -2.05. The van der Waals surface area contributed by atoms with Crippen LogP contribution in [0.5, 0.6) is 0 Å². The van der Waals surface area contributed by atoms with Gasteiger partial charge in [0.25, 0.3) is 0 Å². The van der Waals surface area contributed by atoms with Gasteiger partial charge in [-0.1, -0.05) is 12.1 Å². The molecule has 0 radical (unpaired) electrons. The minimum absolute atomic E-state index is 0.0490. The number of rotatable bonds is 2. The zero-order valence-corrected chi connectivity index (χ0v) is 8.07. The van der Waals surface area contributed by atoms with Crippen LogP contribution in [0.4, 0.5) is 10.1 Å². The van der Waals surface area contributed by atoms with Crippen molar-refractivity contribution in [1.29, 1.82) is 0 Å². The summed E-state index contributed by atoms with van der Waals surface area (Å²) in [5, 5.41) is 2.41. The lowest BCUT2D eigenvalue weighted by atomic mass is 10.2. The number of hydrogen-bond acceptors (Lipinski definition) is 2. The van der Waals surface area contributed by atoms with Crippen molar-refractivity contribution in [2.75, 3.05) is 11.1 Å². The Kier molecular flexibility index (Phi) is 3.31. The SMILES string of the molecule is Cc1cccc(NC(=O)CS)c1F. The lowest BCUT2D eigenvalue weighted by Crippen LogP contribution is -2.13. The minimum atomic E-state index is -0.391. The topological polar surface area (TPSA) is 29.1 Å². The summed E-state index contributed by atoms with van der Waals surface area (Å²) in [5.41, 5.74) is 0.719. The molecule has 2 nitrogen and oxygen atoms in total. The summed E-state index contributed by atoms with van der Waals surface area (Å²) in [5.74, 6) is -0.654. The first-order valence-electron chi connectivity index (χ1n) is 3.81. The first-order chi connectivity index (χ1) is 6.15. The molecule has 1 aromatic carbocycles. The second-order valence-electron chi connectivity index (χ2n) is 2.64. The quantitative estimate of drug-likeness (QED) is 0.701. The van der Waals surface area contributed by atoms with Crippen LogP contribution in [0.3, 0.4) is 0 Å². The third kappa shape index (κ3) is 2.45. The smallest absolute Gasteiger partial charge is 0.234 e. The maximum absolute atomic E-state index is 13.3. The number of thiol groups is 1. The van der Waals surface area contributed by atoms with E-state index in [4.69, 9.17) is 0 Å². The number of nitrogens with one attached hydrogen (secondary N) is 1. The van der Waals surface area contributed by atoms with Crippen LogP contribution < -0.4 is 5.32 Å². The fourth-order valence-electron chi connectivity index (χ4n) is 0.934. The molecule has 0 bridgehead atoms. The highest BCUT2D eigenvalue weighted by molar-refractivity contribution is 7.81. The Morgan fingerprint density at radius 3 is 2.92 bits per heavy atom. The number of hydrogen-bond donors (Lipinski definition) is 2. The molecule has 0 heterocycles. The molecule has 0 saturated carbocycles. The molecule has 0 aliphatic rings. The van der Waals surface area contributed by atoms with Crippen molar-refractivity contribution in [3.05, 3.63) is 29.6 Å².